The van der Waals surface area contributed by atoms with Gasteiger partial charge in [0.15, 0.2) is 0 Å². The molecule has 2 heteroatoms. The third kappa shape index (κ3) is 2.48. The van der Waals surface area contributed by atoms with E-state index < -0.39 is 0 Å². The summed E-state index contributed by atoms with van der Waals surface area (Å²) < 4.78 is 0. The van der Waals surface area contributed by atoms with Gasteiger partial charge in [0.2, 0.25) is 0 Å². The van der Waals surface area contributed by atoms with Crippen molar-refractivity contribution in [2.45, 2.75) is 38.3 Å². The molecule has 1 aliphatic rings. The first kappa shape index (κ1) is 9.53. The van der Waals surface area contributed by atoms with Crippen LogP contribution in [0.4, 0.5) is 5.69 Å². The maximum Gasteiger partial charge on any atom is 0.0314 e. The molecule has 2 rings (SSSR count). The van der Waals surface area contributed by atoms with Crippen LogP contribution in [0.25, 0.3) is 0 Å². The molecule has 0 amide bonds. The van der Waals surface area contributed by atoms with E-state index in [2.05, 4.69) is 17.4 Å². The van der Waals surface area contributed by atoms with Gasteiger partial charge >= 0.3 is 0 Å². The fourth-order valence-electron chi connectivity index (χ4n) is 2.03. The lowest BCUT2D eigenvalue weighted by atomic mass is 10.2. The van der Waals surface area contributed by atoms with Gasteiger partial charge in [0, 0.05) is 18.3 Å². The molecule has 0 unspecified atom stereocenters. The Bertz CT molecular complexity index is 273. The van der Waals surface area contributed by atoms with Crippen LogP contribution in [0.2, 0.25) is 0 Å². The van der Waals surface area contributed by atoms with Gasteiger partial charge in [-0.15, -0.1) is 0 Å². The first-order valence-electron chi connectivity index (χ1n) is 5.42. The Morgan fingerprint density at radius 2 is 1.79 bits per heavy atom. The molecular weight excluding hydrogens is 172 g/mol. The number of hydrogen-bond donors (Lipinski definition) is 2. The molecular formula is C12H18N2. The average molecular weight is 190 g/mol. The summed E-state index contributed by atoms with van der Waals surface area (Å²) >= 11 is 0. The van der Waals surface area contributed by atoms with Crippen molar-refractivity contribution in [3.63, 3.8) is 0 Å². The summed E-state index contributed by atoms with van der Waals surface area (Å²) in [4.78, 5) is 0. The van der Waals surface area contributed by atoms with Crippen molar-refractivity contribution < 1.29 is 0 Å². The summed E-state index contributed by atoms with van der Waals surface area (Å²) in [5.74, 6) is 0. The van der Waals surface area contributed by atoms with Crippen molar-refractivity contribution in [2.24, 2.45) is 0 Å². The van der Waals surface area contributed by atoms with E-state index in [1.165, 1.54) is 31.2 Å². The lowest BCUT2D eigenvalue weighted by Crippen LogP contribution is -2.25. The van der Waals surface area contributed by atoms with Crippen LogP contribution < -0.4 is 11.1 Å². The summed E-state index contributed by atoms with van der Waals surface area (Å²) in [5, 5.41) is 3.58. The fourth-order valence-corrected chi connectivity index (χ4v) is 2.03. The Labute approximate surface area is 85.5 Å². The van der Waals surface area contributed by atoms with Crippen molar-refractivity contribution in [3.8, 4) is 0 Å². The fraction of sp³-hybridized carbons (Fsp3) is 0.500. The second-order valence-electron chi connectivity index (χ2n) is 4.10. The Balaban J connectivity index is 1.82. The molecule has 76 valence electrons. The van der Waals surface area contributed by atoms with Gasteiger partial charge in [0.25, 0.3) is 0 Å². The zero-order valence-electron chi connectivity index (χ0n) is 8.50. The minimum Gasteiger partial charge on any atom is -0.399 e. The van der Waals surface area contributed by atoms with Crippen LogP contribution in [0.3, 0.4) is 0 Å². The van der Waals surface area contributed by atoms with E-state index >= 15 is 0 Å². The molecule has 0 aromatic heterocycles. The topological polar surface area (TPSA) is 38.0 Å². The van der Waals surface area contributed by atoms with E-state index in [1.807, 2.05) is 12.1 Å². The highest BCUT2D eigenvalue weighted by molar-refractivity contribution is 5.39. The minimum absolute atomic E-state index is 0.743. The number of rotatable bonds is 3. The van der Waals surface area contributed by atoms with Gasteiger partial charge in [-0.25, -0.2) is 0 Å². The zero-order chi connectivity index (χ0) is 9.80. The number of nitrogens with one attached hydrogen (secondary N) is 1. The molecule has 2 nitrogen and oxygen atoms in total. The zero-order valence-corrected chi connectivity index (χ0v) is 8.50. The van der Waals surface area contributed by atoms with Gasteiger partial charge < -0.3 is 11.1 Å². The second kappa shape index (κ2) is 4.47. The number of hydrogen-bond acceptors (Lipinski definition) is 2. The van der Waals surface area contributed by atoms with Crippen LogP contribution in [0.5, 0.6) is 0 Å². The molecule has 14 heavy (non-hydrogen) atoms. The highest BCUT2D eigenvalue weighted by atomic mass is 14.9. The number of nitrogen functional groups attached to an aromatic ring is 1. The summed E-state index contributed by atoms with van der Waals surface area (Å²) in [5.41, 5.74) is 7.79. The number of anilines is 1. The van der Waals surface area contributed by atoms with Gasteiger partial charge in [0.1, 0.15) is 0 Å². The van der Waals surface area contributed by atoms with Crippen LogP contribution in [-0.2, 0) is 6.54 Å². The molecule has 0 bridgehead atoms. The van der Waals surface area contributed by atoms with Crippen LogP contribution in [0, 0.1) is 0 Å². The first-order chi connectivity index (χ1) is 6.84. The summed E-state index contributed by atoms with van der Waals surface area (Å²) in [6.45, 7) is 0.977. The lowest BCUT2D eigenvalue weighted by Gasteiger charge is -2.11. The Hall–Kier alpha value is -1.02. The van der Waals surface area contributed by atoms with E-state index in [4.69, 9.17) is 5.73 Å². The molecule has 1 aromatic rings. The molecule has 3 N–H and O–H groups in total. The molecule has 0 atom stereocenters. The Morgan fingerprint density at radius 3 is 2.43 bits per heavy atom. The normalized spacial score (nSPS) is 17.4. The summed E-state index contributed by atoms with van der Waals surface area (Å²) in [6, 6.07) is 8.86. The molecule has 1 saturated carbocycles. The summed E-state index contributed by atoms with van der Waals surface area (Å²) in [7, 11) is 0. The smallest absolute Gasteiger partial charge is 0.0314 e. The molecule has 0 heterocycles. The van der Waals surface area contributed by atoms with Crippen molar-refractivity contribution in [1.82, 2.24) is 5.32 Å². The lowest BCUT2D eigenvalue weighted by molar-refractivity contribution is 0.524. The number of nitrogens with two attached hydrogens (primary N) is 1. The molecule has 0 spiro atoms. The highest BCUT2D eigenvalue weighted by Crippen LogP contribution is 2.18. The third-order valence-electron chi connectivity index (χ3n) is 2.93. The van der Waals surface area contributed by atoms with Crippen LogP contribution in [0.15, 0.2) is 24.3 Å². The monoisotopic (exact) mass is 190 g/mol. The predicted molar refractivity (Wildman–Crippen MR) is 60.0 cm³/mol. The molecule has 1 aromatic carbocycles. The van der Waals surface area contributed by atoms with E-state index in [0.29, 0.717) is 0 Å². The molecule has 1 aliphatic carbocycles. The van der Waals surface area contributed by atoms with Crippen molar-refractivity contribution in [1.29, 1.82) is 0 Å². The molecule has 1 fully saturated rings. The average Bonchev–Trinajstić information content (AvgIpc) is 2.70. The summed E-state index contributed by atoms with van der Waals surface area (Å²) in [6.07, 6.45) is 5.46. The van der Waals surface area contributed by atoms with Crippen LogP contribution in [-0.4, -0.2) is 6.04 Å². The highest BCUT2D eigenvalue weighted by Gasteiger charge is 2.13. The Morgan fingerprint density at radius 1 is 1.14 bits per heavy atom. The quantitative estimate of drug-likeness (QED) is 0.718. The van der Waals surface area contributed by atoms with E-state index in [-0.39, 0.29) is 0 Å². The van der Waals surface area contributed by atoms with Crippen molar-refractivity contribution >= 4 is 5.69 Å². The van der Waals surface area contributed by atoms with Crippen molar-refractivity contribution in [2.75, 3.05) is 5.73 Å². The maximum absolute atomic E-state index is 5.62. The number of benzene rings is 1. The first-order valence-corrected chi connectivity index (χ1v) is 5.42. The SMILES string of the molecule is Nc1ccc(CNC2CCCC2)cc1. The molecule has 0 saturated heterocycles. The van der Waals surface area contributed by atoms with E-state index in [9.17, 15) is 0 Å². The van der Waals surface area contributed by atoms with Gasteiger partial charge in [-0.1, -0.05) is 25.0 Å². The van der Waals surface area contributed by atoms with E-state index in [0.717, 1.165) is 18.3 Å². The third-order valence-corrected chi connectivity index (χ3v) is 2.93. The maximum atomic E-state index is 5.62. The molecule has 0 aliphatic heterocycles. The predicted octanol–water partition coefficient (Wildman–Crippen LogP) is 2.30. The van der Waals surface area contributed by atoms with Crippen LogP contribution in [0.1, 0.15) is 31.2 Å². The largest absolute Gasteiger partial charge is 0.399 e. The molecule has 0 radical (unpaired) electrons. The Kier molecular flexibility index (Phi) is 3.04. The standard InChI is InChI=1S/C12H18N2/c13-11-7-5-10(6-8-11)9-14-12-3-1-2-4-12/h5-8,12,14H,1-4,9,13H2. The van der Waals surface area contributed by atoms with Crippen molar-refractivity contribution in [3.05, 3.63) is 29.8 Å². The van der Waals surface area contributed by atoms with Gasteiger partial charge in [-0.05, 0) is 30.5 Å². The van der Waals surface area contributed by atoms with Gasteiger partial charge in [-0.2, -0.15) is 0 Å². The van der Waals surface area contributed by atoms with Gasteiger partial charge in [-0.3, -0.25) is 0 Å². The second-order valence-corrected chi connectivity index (χ2v) is 4.10. The van der Waals surface area contributed by atoms with Crippen LogP contribution >= 0.6 is 0 Å². The van der Waals surface area contributed by atoms with Gasteiger partial charge in [0.05, 0.1) is 0 Å². The van der Waals surface area contributed by atoms with E-state index in [1.54, 1.807) is 0 Å². The minimum atomic E-state index is 0.743.